The number of fused-ring (bicyclic) bond motifs is 1. The van der Waals surface area contributed by atoms with E-state index in [1.807, 2.05) is 36.2 Å². The molecular weight excluding hydrogens is 286 g/mol. The third-order valence-electron chi connectivity index (χ3n) is 4.67. The van der Waals surface area contributed by atoms with Crippen LogP contribution in [0.3, 0.4) is 0 Å². The molecule has 3 heteroatoms. The van der Waals surface area contributed by atoms with E-state index in [0.717, 1.165) is 30.4 Å². The van der Waals surface area contributed by atoms with Crippen molar-refractivity contribution in [3.05, 3.63) is 70.8 Å². The number of ether oxygens (including phenoxy) is 1. The second-order valence-electron chi connectivity index (χ2n) is 6.21. The monoisotopic (exact) mass is 309 g/mol. The van der Waals surface area contributed by atoms with E-state index in [9.17, 15) is 4.79 Å². The van der Waals surface area contributed by atoms with Crippen LogP contribution in [0.4, 0.5) is 0 Å². The van der Waals surface area contributed by atoms with E-state index in [2.05, 4.69) is 24.3 Å². The fraction of sp³-hybridized carbons (Fsp3) is 0.350. The van der Waals surface area contributed by atoms with E-state index in [0.29, 0.717) is 6.61 Å². The van der Waals surface area contributed by atoms with Gasteiger partial charge in [0.2, 0.25) is 0 Å². The topological polar surface area (TPSA) is 29.5 Å². The van der Waals surface area contributed by atoms with Crippen molar-refractivity contribution in [2.24, 2.45) is 0 Å². The Kier molecular flexibility index (Phi) is 4.77. The number of aryl methyl sites for hydroxylation is 1. The molecule has 2 aromatic rings. The summed E-state index contributed by atoms with van der Waals surface area (Å²) in [4.78, 5) is 14.7. The second kappa shape index (κ2) is 6.97. The normalized spacial score (nSPS) is 16.7. The molecule has 0 saturated heterocycles. The van der Waals surface area contributed by atoms with Gasteiger partial charge in [0.15, 0.2) is 0 Å². The van der Waals surface area contributed by atoms with Crippen LogP contribution in [0, 0.1) is 0 Å². The van der Waals surface area contributed by atoms with E-state index in [1.165, 1.54) is 11.1 Å². The molecule has 0 aromatic heterocycles. The fourth-order valence-corrected chi connectivity index (χ4v) is 3.34. The quantitative estimate of drug-likeness (QED) is 0.865. The third-order valence-corrected chi connectivity index (χ3v) is 4.67. The SMILES string of the molecule is COCc1cccc(C(=O)N(C)C2CCc3ccccc3C2)c1. The summed E-state index contributed by atoms with van der Waals surface area (Å²) in [6, 6.07) is 16.5. The van der Waals surface area contributed by atoms with Gasteiger partial charge in [0.05, 0.1) is 6.61 Å². The van der Waals surface area contributed by atoms with Crippen molar-refractivity contribution in [1.82, 2.24) is 4.90 Å². The fourth-order valence-electron chi connectivity index (χ4n) is 3.34. The van der Waals surface area contributed by atoms with Gasteiger partial charge in [-0.2, -0.15) is 0 Å². The molecule has 0 aliphatic heterocycles. The van der Waals surface area contributed by atoms with Crippen molar-refractivity contribution in [2.75, 3.05) is 14.2 Å². The van der Waals surface area contributed by atoms with Gasteiger partial charge in [-0.15, -0.1) is 0 Å². The predicted octanol–water partition coefficient (Wildman–Crippen LogP) is 3.46. The summed E-state index contributed by atoms with van der Waals surface area (Å²) >= 11 is 0. The van der Waals surface area contributed by atoms with Gasteiger partial charge in [-0.3, -0.25) is 4.79 Å². The molecule has 0 heterocycles. The molecule has 0 radical (unpaired) electrons. The van der Waals surface area contributed by atoms with Crippen LogP contribution in [0.25, 0.3) is 0 Å². The molecule has 2 aromatic carbocycles. The second-order valence-corrected chi connectivity index (χ2v) is 6.21. The van der Waals surface area contributed by atoms with Gasteiger partial charge in [-0.05, 0) is 48.1 Å². The molecule has 3 nitrogen and oxygen atoms in total. The van der Waals surface area contributed by atoms with Gasteiger partial charge in [-0.25, -0.2) is 0 Å². The highest BCUT2D eigenvalue weighted by molar-refractivity contribution is 5.94. The molecule has 1 unspecified atom stereocenters. The molecule has 0 bridgehead atoms. The van der Waals surface area contributed by atoms with E-state index < -0.39 is 0 Å². The molecule has 120 valence electrons. The molecule has 1 aliphatic carbocycles. The number of carbonyl (C=O) groups is 1. The number of rotatable bonds is 4. The molecule has 3 rings (SSSR count). The lowest BCUT2D eigenvalue weighted by molar-refractivity contribution is 0.0718. The minimum absolute atomic E-state index is 0.0901. The van der Waals surface area contributed by atoms with Gasteiger partial charge in [0.25, 0.3) is 5.91 Å². The molecule has 1 aliphatic rings. The van der Waals surface area contributed by atoms with E-state index in [1.54, 1.807) is 7.11 Å². The third kappa shape index (κ3) is 3.45. The Labute approximate surface area is 137 Å². The van der Waals surface area contributed by atoms with Crippen LogP contribution in [0.1, 0.15) is 33.5 Å². The van der Waals surface area contributed by atoms with Gasteiger partial charge < -0.3 is 9.64 Å². The van der Waals surface area contributed by atoms with Gasteiger partial charge >= 0.3 is 0 Å². The maximum Gasteiger partial charge on any atom is 0.253 e. The Morgan fingerprint density at radius 3 is 2.74 bits per heavy atom. The van der Waals surface area contributed by atoms with Gasteiger partial charge in [-0.1, -0.05) is 36.4 Å². The Hall–Kier alpha value is -2.13. The first-order valence-electron chi connectivity index (χ1n) is 8.11. The lowest BCUT2D eigenvalue weighted by Gasteiger charge is -2.32. The zero-order valence-corrected chi connectivity index (χ0v) is 13.8. The summed E-state index contributed by atoms with van der Waals surface area (Å²) in [5.41, 5.74) is 4.56. The number of nitrogens with zero attached hydrogens (tertiary/aromatic N) is 1. The summed E-state index contributed by atoms with van der Waals surface area (Å²) in [6.45, 7) is 0.529. The Bertz CT molecular complexity index is 696. The number of hydrogen-bond donors (Lipinski definition) is 0. The highest BCUT2D eigenvalue weighted by Crippen LogP contribution is 2.24. The first kappa shape index (κ1) is 15.8. The van der Waals surface area contributed by atoms with E-state index in [-0.39, 0.29) is 11.9 Å². The number of methoxy groups -OCH3 is 1. The molecule has 0 saturated carbocycles. The molecule has 1 atom stereocenters. The summed E-state index contributed by atoms with van der Waals surface area (Å²) in [5, 5.41) is 0. The van der Waals surface area contributed by atoms with Crippen LogP contribution in [0.15, 0.2) is 48.5 Å². The smallest absolute Gasteiger partial charge is 0.253 e. The first-order valence-corrected chi connectivity index (χ1v) is 8.11. The maximum atomic E-state index is 12.8. The zero-order chi connectivity index (χ0) is 16.2. The number of carbonyl (C=O) groups excluding carboxylic acids is 1. The lowest BCUT2D eigenvalue weighted by atomic mass is 9.87. The summed E-state index contributed by atoms with van der Waals surface area (Å²) in [6.07, 6.45) is 3.01. The first-order chi connectivity index (χ1) is 11.2. The molecular formula is C20H23NO2. The highest BCUT2D eigenvalue weighted by atomic mass is 16.5. The van der Waals surface area contributed by atoms with Crippen LogP contribution in [-0.4, -0.2) is 31.0 Å². The lowest BCUT2D eigenvalue weighted by Crippen LogP contribution is -2.40. The van der Waals surface area contributed by atoms with Crippen LogP contribution in [0.5, 0.6) is 0 Å². The number of benzene rings is 2. The van der Waals surface area contributed by atoms with Crippen molar-refractivity contribution in [3.63, 3.8) is 0 Å². The van der Waals surface area contributed by atoms with Gasteiger partial charge in [0, 0.05) is 25.8 Å². The van der Waals surface area contributed by atoms with Crippen LogP contribution in [0.2, 0.25) is 0 Å². The molecule has 23 heavy (non-hydrogen) atoms. The average molecular weight is 309 g/mol. The summed E-state index contributed by atoms with van der Waals surface area (Å²) in [7, 11) is 3.59. The van der Waals surface area contributed by atoms with Crippen LogP contribution >= 0.6 is 0 Å². The van der Waals surface area contributed by atoms with E-state index in [4.69, 9.17) is 4.74 Å². The van der Waals surface area contributed by atoms with Crippen LogP contribution in [-0.2, 0) is 24.2 Å². The largest absolute Gasteiger partial charge is 0.380 e. The number of likely N-dealkylation sites (N-methyl/N-ethyl adjacent to an activating group) is 1. The van der Waals surface area contributed by atoms with Crippen LogP contribution < -0.4 is 0 Å². The number of hydrogen-bond acceptors (Lipinski definition) is 2. The Balaban J connectivity index is 1.74. The van der Waals surface area contributed by atoms with Crippen molar-refractivity contribution in [3.8, 4) is 0 Å². The Morgan fingerprint density at radius 2 is 1.96 bits per heavy atom. The highest BCUT2D eigenvalue weighted by Gasteiger charge is 2.25. The molecule has 0 spiro atoms. The predicted molar refractivity (Wildman–Crippen MR) is 91.5 cm³/mol. The van der Waals surface area contributed by atoms with Crippen molar-refractivity contribution < 1.29 is 9.53 Å². The van der Waals surface area contributed by atoms with Crippen molar-refractivity contribution in [1.29, 1.82) is 0 Å². The molecule has 0 N–H and O–H groups in total. The average Bonchev–Trinajstić information content (AvgIpc) is 2.60. The van der Waals surface area contributed by atoms with Crippen molar-refractivity contribution in [2.45, 2.75) is 31.9 Å². The Morgan fingerprint density at radius 1 is 1.17 bits per heavy atom. The maximum absolute atomic E-state index is 12.8. The standard InChI is InChI=1S/C20H23NO2/c1-21(19-11-10-16-7-3-4-8-17(16)13-19)20(22)18-9-5-6-15(12-18)14-23-2/h3-9,12,19H,10-11,13-14H2,1-2H3. The summed E-state index contributed by atoms with van der Waals surface area (Å²) in [5.74, 6) is 0.0901. The summed E-state index contributed by atoms with van der Waals surface area (Å²) < 4.78 is 5.15. The molecule has 1 amide bonds. The van der Waals surface area contributed by atoms with Gasteiger partial charge in [0.1, 0.15) is 0 Å². The molecule has 0 fully saturated rings. The minimum atomic E-state index is 0.0901. The minimum Gasteiger partial charge on any atom is -0.380 e. The number of amides is 1. The van der Waals surface area contributed by atoms with Crippen molar-refractivity contribution >= 4 is 5.91 Å². The van der Waals surface area contributed by atoms with E-state index >= 15 is 0 Å². The zero-order valence-electron chi connectivity index (χ0n) is 13.8.